The molecule has 1 heterocycles. The number of hydrogen-bond acceptors (Lipinski definition) is 4. The van der Waals surface area contributed by atoms with Crippen molar-refractivity contribution in [3.05, 3.63) is 71.8 Å². The fourth-order valence-corrected chi connectivity index (χ4v) is 5.46. The molecule has 7 heteroatoms. The standard InChI is InChI=1S/C24H34N4O2S/c1-20-16-23(18-28(20)17-21-10-5-3-6-11-21)27-24(25-2)26-14-9-15-31(29,30)19-22-12-7-4-8-13-22/h3-8,10-13,20,23H,9,14-19H2,1-2H3,(H2,25,26,27). The summed E-state index contributed by atoms with van der Waals surface area (Å²) in [4.78, 5) is 6.80. The zero-order chi connectivity index (χ0) is 22.1. The molecule has 0 saturated carbocycles. The van der Waals surface area contributed by atoms with Gasteiger partial charge in [-0.15, -0.1) is 0 Å². The smallest absolute Gasteiger partial charge is 0.191 e. The third kappa shape index (κ3) is 7.67. The summed E-state index contributed by atoms with van der Waals surface area (Å²) in [6, 6.07) is 20.7. The zero-order valence-corrected chi connectivity index (χ0v) is 19.3. The van der Waals surface area contributed by atoms with Crippen molar-refractivity contribution in [2.75, 3.05) is 25.9 Å². The molecule has 1 saturated heterocycles. The summed E-state index contributed by atoms with van der Waals surface area (Å²) in [5.41, 5.74) is 2.16. The van der Waals surface area contributed by atoms with Gasteiger partial charge in [-0.05, 0) is 30.9 Å². The highest BCUT2D eigenvalue weighted by molar-refractivity contribution is 7.90. The maximum Gasteiger partial charge on any atom is 0.191 e. The summed E-state index contributed by atoms with van der Waals surface area (Å²) in [7, 11) is -1.36. The molecular formula is C24H34N4O2S. The van der Waals surface area contributed by atoms with Crippen LogP contribution in [0.2, 0.25) is 0 Å². The third-order valence-corrected chi connectivity index (χ3v) is 7.33. The Bertz CT molecular complexity index is 933. The molecule has 2 N–H and O–H groups in total. The molecule has 0 radical (unpaired) electrons. The zero-order valence-electron chi connectivity index (χ0n) is 18.5. The van der Waals surface area contributed by atoms with Crippen molar-refractivity contribution in [3.8, 4) is 0 Å². The van der Waals surface area contributed by atoms with Crippen molar-refractivity contribution in [3.63, 3.8) is 0 Å². The second-order valence-corrected chi connectivity index (χ2v) is 10.5. The highest BCUT2D eigenvalue weighted by atomic mass is 32.2. The SMILES string of the molecule is CN=C(NCCCS(=O)(=O)Cc1ccccc1)NC1CC(C)N(Cc2ccccc2)C1. The van der Waals surface area contributed by atoms with Gasteiger partial charge in [0.2, 0.25) is 0 Å². The van der Waals surface area contributed by atoms with Crippen molar-refractivity contribution < 1.29 is 8.42 Å². The Morgan fingerprint density at radius 2 is 1.71 bits per heavy atom. The van der Waals surface area contributed by atoms with Crippen molar-refractivity contribution in [2.24, 2.45) is 4.99 Å². The van der Waals surface area contributed by atoms with Gasteiger partial charge in [-0.2, -0.15) is 0 Å². The average molecular weight is 443 g/mol. The van der Waals surface area contributed by atoms with Crippen molar-refractivity contribution >= 4 is 15.8 Å². The van der Waals surface area contributed by atoms with Crippen LogP contribution in [0.25, 0.3) is 0 Å². The minimum atomic E-state index is -3.11. The topological polar surface area (TPSA) is 73.8 Å². The molecule has 2 atom stereocenters. The van der Waals surface area contributed by atoms with E-state index in [1.165, 1.54) is 5.56 Å². The first-order chi connectivity index (χ1) is 14.9. The largest absolute Gasteiger partial charge is 0.356 e. The van der Waals surface area contributed by atoms with Gasteiger partial charge in [-0.25, -0.2) is 8.42 Å². The number of nitrogens with zero attached hydrogens (tertiary/aromatic N) is 2. The number of likely N-dealkylation sites (tertiary alicyclic amines) is 1. The van der Waals surface area contributed by atoms with Crippen LogP contribution in [0, 0.1) is 0 Å². The number of sulfone groups is 1. The Labute approximate surface area is 186 Å². The Kier molecular flexibility index (Phi) is 8.49. The Hall–Kier alpha value is -2.38. The van der Waals surface area contributed by atoms with Gasteiger partial charge in [-0.3, -0.25) is 9.89 Å². The minimum Gasteiger partial charge on any atom is -0.356 e. The predicted octanol–water partition coefficient (Wildman–Crippen LogP) is 2.82. The molecule has 2 aromatic rings. The molecular weight excluding hydrogens is 408 g/mol. The first-order valence-corrected chi connectivity index (χ1v) is 12.8. The average Bonchev–Trinajstić information content (AvgIpc) is 3.10. The first-order valence-electron chi connectivity index (χ1n) is 10.9. The lowest BCUT2D eigenvalue weighted by atomic mass is 10.2. The van der Waals surface area contributed by atoms with E-state index >= 15 is 0 Å². The summed E-state index contributed by atoms with van der Waals surface area (Å²) in [6.07, 6.45) is 1.61. The van der Waals surface area contributed by atoms with Gasteiger partial charge in [0.05, 0.1) is 11.5 Å². The number of rotatable bonds is 9. The summed E-state index contributed by atoms with van der Waals surface area (Å²) >= 11 is 0. The Morgan fingerprint density at radius 1 is 1.06 bits per heavy atom. The number of nitrogens with one attached hydrogen (secondary N) is 2. The van der Waals surface area contributed by atoms with E-state index in [1.807, 2.05) is 36.4 Å². The van der Waals surface area contributed by atoms with Gasteiger partial charge >= 0.3 is 0 Å². The maximum absolute atomic E-state index is 12.3. The van der Waals surface area contributed by atoms with Gasteiger partial charge in [0, 0.05) is 38.8 Å². The van der Waals surface area contributed by atoms with E-state index in [1.54, 1.807) is 7.05 Å². The van der Waals surface area contributed by atoms with E-state index in [4.69, 9.17) is 0 Å². The molecule has 3 rings (SSSR count). The van der Waals surface area contributed by atoms with Crippen molar-refractivity contribution in [1.82, 2.24) is 15.5 Å². The summed E-state index contributed by atoms with van der Waals surface area (Å²) in [5, 5.41) is 6.77. The lowest BCUT2D eigenvalue weighted by molar-refractivity contribution is 0.258. The first kappa shape index (κ1) is 23.3. The molecule has 6 nitrogen and oxygen atoms in total. The summed E-state index contributed by atoms with van der Waals surface area (Å²) in [6.45, 7) is 4.75. The highest BCUT2D eigenvalue weighted by Gasteiger charge is 2.29. The van der Waals surface area contributed by atoms with Gasteiger partial charge < -0.3 is 10.6 Å². The molecule has 1 aliphatic heterocycles. The maximum atomic E-state index is 12.3. The number of hydrogen-bond donors (Lipinski definition) is 2. The number of aliphatic imine (C=N–C) groups is 1. The van der Waals surface area contributed by atoms with Crippen molar-refractivity contribution in [1.29, 1.82) is 0 Å². The van der Waals surface area contributed by atoms with Crippen LogP contribution >= 0.6 is 0 Å². The van der Waals surface area contributed by atoms with E-state index in [0.29, 0.717) is 25.0 Å². The molecule has 0 aromatic heterocycles. The fourth-order valence-electron chi connectivity index (χ4n) is 4.03. The van der Waals surface area contributed by atoms with Gasteiger partial charge in [0.15, 0.2) is 15.8 Å². The molecule has 0 aliphatic carbocycles. The molecule has 168 valence electrons. The predicted molar refractivity (Wildman–Crippen MR) is 128 cm³/mol. The molecule has 2 aromatic carbocycles. The molecule has 0 spiro atoms. The van der Waals surface area contributed by atoms with Gasteiger partial charge in [0.1, 0.15) is 0 Å². The van der Waals surface area contributed by atoms with Crippen LogP contribution in [0.1, 0.15) is 30.9 Å². The van der Waals surface area contributed by atoms with Crippen LogP contribution in [0.15, 0.2) is 65.7 Å². The second-order valence-electron chi connectivity index (χ2n) is 8.27. The molecule has 0 bridgehead atoms. The molecule has 0 amide bonds. The number of guanidine groups is 1. The van der Waals surface area contributed by atoms with Gasteiger partial charge in [-0.1, -0.05) is 60.7 Å². The molecule has 2 unspecified atom stereocenters. The van der Waals surface area contributed by atoms with E-state index in [-0.39, 0.29) is 11.5 Å². The van der Waals surface area contributed by atoms with Crippen LogP contribution in [0.3, 0.4) is 0 Å². The minimum absolute atomic E-state index is 0.0953. The number of benzene rings is 2. The monoisotopic (exact) mass is 442 g/mol. The van der Waals surface area contributed by atoms with E-state index in [2.05, 4.69) is 51.7 Å². The fraction of sp³-hybridized carbons (Fsp3) is 0.458. The normalized spacial score (nSPS) is 20.0. The lowest BCUT2D eigenvalue weighted by Gasteiger charge is -2.21. The molecule has 31 heavy (non-hydrogen) atoms. The van der Waals surface area contributed by atoms with Crippen LogP contribution in [-0.2, 0) is 22.1 Å². The van der Waals surface area contributed by atoms with Crippen LogP contribution < -0.4 is 10.6 Å². The summed E-state index contributed by atoms with van der Waals surface area (Å²) in [5.74, 6) is 0.995. The molecule has 1 fully saturated rings. The van der Waals surface area contributed by atoms with E-state index in [9.17, 15) is 8.42 Å². The van der Waals surface area contributed by atoms with Gasteiger partial charge in [0.25, 0.3) is 0 Å². The summed E-state index contributed by atoms with van der Waals surface area (Å²) < 4.78 is 24.7. The third-order valence-electron chi connectivity index (χ3n) is 5.65. The highest BCUT2D eigenvalue weighted by Crippen LogP contribution is 2.20. The van der Waals surface area contributed by atoms with Crippen molar-refractivity contribution in [2.45, 2.75) is 44.1 Å². The quantitative estimate of drug-likeness (QED) is 0.355. The molecule has 1 aliphatic rings. The second kappa shape index (κ2) is 11.3. The van der Waals surface area contributed by atoms with Crippen LogP contribution in [-0.4, -0.2) is 57.3 Å². The lowest BCUT2D eigenvalue weighted by Crippen LogP contribution is -2.45. The van der Waals surface area contributed by atoms with E-state index in [0.717, 1.165) is 31.0 Å². The van der Waals surface area contributed by atoms with Crippen LogP contribution in [0.4, 0.5) is 0 Å². The van der Waals surface area contributed by atoms with Crippen LogP contribution in [0.5, 0.6) is 0 Å². The Balaban J connectivity index is 1.39. The Morgan fingerprint density at radius 3 is 2.35 bits per heavy atom. The van der Waals surface area contributed by atoms with E-state index < -0.39 is 9.84 Å².